The minimum Gasteiger partial charge on any atom is -0.492 e. The number of ether oxygens (including phenoxy) is 1. The molecule has 1 aliphatic rings. The molecule has 0 N–H and O–H groups in total. The number of carbonyl (C=O) groups excluding carboxylic acids is 1. The van der Waals surface area contributed by atoms with Crippen molar-refractivity contribution < 1.29 is 9.53 Å². The Morgan fingerprint density at radius 3 is 3.00 bits per heavy atom. The molecule has 1 aromatic carbocycles. The molecule has 0 amide bonds. The third-order valence-electron chi connectivity index (χ3n) is 3.29. The summed E-state index contributed by atoms with van der Waals surface area (Å²) in [5.41, 5.74) is 1.05. The van der Waals surface area contributed by atoms with E-state index in [1.165, 1.54) is 4.88 Å². The van der Waals surface area contributed by atoms with Crippen molar-refractivity contribution in [2.45, 2.75) is 18.8 Å². The van der Waals surface area contributed by atoms with Crippen molar-refractivity contribution in [3.8, 4) is 5.75 Å². The number of hydrogen-bond acceptors (Lipinski definition) is 3. The molecule has 3 rings (SSSR count). The quantitative estimate of drug-likeness (QED) is 0.840. The van der Waals surface area contributed by atoms with Gasteiger partial charge in [-0.1, -0.05) is 24.3 Å². The zero-order chi connectivity index (χ0) is 12.4. The molecule has 18 heavy (non-hydrogen) atoms. The third kappa shape index (κ3) is 2.18. The normalized spacial score (nSPS) is 17.2. The van der Waals surface area contributed by atoms with Gasteiger partial charge in [-0.25, -0.2) is 0 Å². The second-order valence-electron chi connectivity index (χ2n) is 4.45. The molecular formula is C15H14O2S. The summed E-state index contributed by atoms with van der Waals surface area (Å²) >= 11 is 1.71. The molecule has 1 atom stereocenters. The standard InChI is InChI=1S/C15H14O2S/c16-14(8-7-11-4-3-9-18-11)13-10-17-15-6-2-1-5-12(13)15/h1-6,9,13H,7-8,10H2. The van der Waals surface area contributed by atoms with Gasteiger partial charge in [0, 0.05) is 16.9 Å². The Hall–Kier alpha value is -1.61. The van der Waals surface area contributed by atoms with Crippen molar-refractivity contribution in [2.24, 2.45) is 0 Å². The number of thiophene rings is 1. The molecule has 2 heterocycles. The number of aryl methyl sites for hydroxylation is 1. The first-order chi connectivity index (χ1) is 8.84. The van der Waals surface area contributed by atoms with Crippen LogP contribution >= 0.6 is 11.3 Å². The maximum Gasteiger partial charge on any atom is 0.144 e. The van der Waals surface area contributed by atoms with Crippen molar-refractivity contribution in [3.63, 3.8) is 0 Å². The monoisotopic (exact) mass is 258 g/mol. The number of hydrogen-bond donors (Lipinski definition) is 0. The highest BCUT2D eigenvalue weighted by Crippen LogP contribution is 2.34. The Morgan fingerprint density at radius 1 is 1.28 bits per heavy atom. The Kier molecular flexibility index (Phi) is 3.15. The van der Waals surface area contributed by atoms with Crippen LogP contribution in [0.3, 0.4) is 0 Å². The summed E-state index contributed by atoms with van der Waals surface area (Å²) < 4.78 is 5.55. The van der Waals surface area contributed by atoms with Crippen molar-refractivity contribution in [2.75, 3.05) is 6.61 Å². The number of para-hydroxylation sites is 1. The van der Waals surface area contributed by atoms with E-state index in [4.69, 9.17) is 4.74 Å². The molecule has 0 aliphatic carbocycles. The van der Waals surface area contributed by atoms with E-state index in [0.717, 1.165) is 17.7 Å². The van der Waals surface area contributed by atoms with Crippen LogP contribution in [0, 0.1) is 0 Å². The van der Waals surface area contributed by atoms with Crippen LogP contribution in [-0.2, 0) is 11.2 Å². The van der Waals surface area contributed by atoms with E-state index in [-0.39, 0.29) is 11.7 Å². The lowest BCUT2D eigenvalue weighted by Gasteiger charge is -2.06. The van der Waals surface area contributed by atoms with Crippen LogP contribution in [-0.4, -0.2) is 12.4 Å². The lowest BCUT2D eigenvalue weighted by Crippen LogP contribution is -2.14. The summed E-state index contributed by atoms with van der Waals surface area (Å²) in [6.45, 7) is 0.503. The summed E-state index contributed by atoms with van der Waals surface area (Å²) in [6.07, 6.45) is 1.44. The largest absolute Gasteiger partial charge is 0.492 e. The van der Waals surface area contributed by atoms with E-state index < -0.39 is 0 Å². The Labute approximate surface area is 110 Å². The number of benzene rings is 1. The minimum absolute atomic E-state index is 0.0684. The fourth-order valence-electron chi connectivity index (χ4n) is 2.30. The van der Waals surface area contributed by atoms with E-state index in [9.17, 15) is 4.79 Å². The fraction of sp³-hybridized carbons (Fsp3) is 0.267. The molecule has 0 fully saturated rings. The van der Waals surface area contributed by atoms with Gasteiger partial charge in [-0.15, -0.1) is 11.3 Å². The van der Waals surface area contributed by atoms with Crippen molar-refractivity contribution in [3.05, 3.63) is 52.2 Å². The minimum atomic E-state index is -0.0684. The average Bonchev–Trinajstić information content (AvgIpc) is 3.05. The smallest absolute Gasteiger partial charge is 0.144 e. The Balaban J connectivity index is 1.67. The summed E-state index contributed by atoms with van der Waals surface area (Å²) in [6, 6.07) is 11.9. The molecule has 1 aliphatic heterocycles. The van der Waals surface area contributed by atoms with Crippen molar-refractivity contribution >= 4 is 17.1 Å². The van der Waals surface area contributed by atoms with Gasteiger partial charge < -0.3 is 4.74 Å². The second kappa shape index (κ2) is 4.94. The summed E-state index contributed by atoms with van der Waals surface area (Å²) in [5.74, 6) is 1.08. The maximum absolute atomic E-state index is 12.2. The molecule has 0 radical (unpaired) electrons. The van der Waals surface area contributed by atoms with Crippen LogP contribution in [0.15, 0.2) is 41.8 Å². The molecule has 2 aromatic rings. The van der Waals surface area contributed by atoms with Gasteiger partial charge in [0.1, 0.15) is 18.1 Å². The number of rotatable bonds is 4. The van der Waals surface area contributed by atoms with Gasteiger partial charge >= 0.3 is 0 Å². The van der Waals surface area contributed by atoms with E-state index in [1.54, 1.807) is 11.3 Å². The van der Waals surface area contributed by atoms with Crippen LogP contribution in [0.1, 0.15) is 22.8 Å². The Morgan fingerprint density at radius 2 is 2.17 bits per heavy atom. The highest BCUT2D eigenvalue weighted by molar-refractivity contribution is 7.09. The molecular weight excluding hydrogens is 244 g/mol. The summed E-state index contributed by atoms with van der Waals surface area (Å²) in [5, 5.41) is 2.05. The van der Waals surface area contributed by atoms with Gasteiger partial charge in [0.05, 0.1) is 5.92 Å². The van der Waals surface area contributed by atoms with Gasteiger partial charge in [-0.05, 0) is 23.9 Å². The van der Waals surface area contributed by atoms with Crippen LogP contribution in [0.5, 0.6) is 5.75 Å². The molecule has 0 saturated carbocycles. The highest BCUT2D eigenvalue weighted by Gasteiger charge is 2.29. The van der Waals surface area contributed by atoms with Gasteiger partial charge in [0.15, 0.2) is 0 Å². The predicted octanol–water partition coefficient (Wildman–Crippen LogP) is 3.43. The zero-order valence-electron chi connectivity index (χ0n) is 9.96. The molecule has 1 aromatic heterocycles. The summed E-state index contributed by atoms with van der Waals surface area (Å²) in [4.78, 5) is 13.5. The Bertz CT molecular complexity index is 545. The fourth-order valence-corrected chi connectivity index (χ4v) is 3.01. The van der Waals surface area contributed by atoms with E-state index in [2.05, 4.69) is 6.07 Å². The van der Waals surface area contributed by atoms with E-state index >= 15 is 0 Å². The topological polar surface area (TPSA) is 26.3 Å². The van der Waals surface area contributed by atoms with Gasteiger partial charge in [0.25, 0.3) is 0 Å². The zero-order valence-corrected chi connectivity index (χ0v) is 10.8. The molecule has 0 bridgehead atoms. The molecule has 0 spiro atoms. The van der Waals surface area contributed by atoms with Crippen molar-refractivity contribution in [1.82, 2.24) is 0 Å². The van der Waals surface area contributed by atoms with Crippen molar-refractivity contribution in [1.29, 1.82) is 0 Å². The SMILES string of the molecule is O=C(CCc1cccs1)C1COc2ccccc21. The molecule has 3 heteroatoms. The number of Topliss-reactive ketones (excluding diaryl/α,β-unsaturated/α-hetero) is 1. The van der Waals surface area contributed by atoms with Gasteiger partial charge in [-0.2, -0.15) is 0 Å². The molecule has 0 saturated heterocycles. The van der Waals surface area contributed by atoms with Crippen LogP contribution in [0.25, 0.3) is 0 Å². The van der Waals surface area contributed by atoms with Crippen LogP contribution in [0.2, 0.25) is 0 Å². The number of fused-ring (bicyclic) bond motifs is 1. The predicted molar refractivity (Wildman–Crippen MR) is 72.3 cm³/mol. The van der Waals surface area contributed by atoms with E-state index in [0.29, 0.717) is 13.0 Å². The van der Waals surface area contributed by atoms with E-state index in [1.807, 2.05) is 35.7 Å². The molecule has 92 valence electrons. The second-order valence-corrected chi connectivity index (χ2v) is 5.48. The van der Waals surface area contributed by atoms with Gasteiger partial charge in [-0.3, -0.25) is 4.79 Å². The lowest BCUT2D eigenvalue weighted by atomic mass is 9.94. The van der Waals surface area contributed by atoms with Gasteiger partial charge in [0.2, 0.25) is 0 Å². The molecule has 2 nitrogen and oxygen atoms in total. The number of carbonyl (C=O) groups is 1. The maximum atomic E-state index is 12.2. The highest BCUT2D eigenvalue weighted by atomic mass is 32.1. The average molecular weight is 258 g/mol. The lowest BCUT2D eigenvalue weighted by molar-refractivity contribution is -0.120. The third-order valence-corrected chi connectivity index (χ3v) is 4.22. The molecule has 1 unspecified atom stereocenters. The number of ketones is 1. The first-order valence-corrected chi connectivity index (χ1v) is 6.99. The first kappa shape index (κ1) is 11.5. The van der Waals surface area contributed by atoms with Crippen LogP contribution in [0.4, 0.5) is 0 Å². The van der Waals surface area contributed by atoms with Crippen LogP contribution < -0.4 is 4.74 Å². The first-order valence-electron chi connectivity index (χ1n) is 6.11. The summed E-state index contributed by atoms with van der Waals surface area (Å²) in [7, 11) is 0.